The van der Waals surface area contributed by atoms with Crippen LogP contribution in [0.3, 0.4) is 0 Å². The molecule has 1 aromatic heterocycles. The molecule has 0 spiro atoms. The molecular formula is C23H21N3O3S2. The number of benzene rings is 2. The van der Waals surface area contributed by atoms with Gasteiger partial charge in [0.25, 0.3) is 0 Å². The maximum atomic E-state index is 13.0. The van der Waals surface area contributed by atoms with Crippen LogP contribution in [-0.4, -0.2) is 34.2 Å². The molecule has 2 amide bonds. The first-order chi connectivity index (χ1) is 15.1. The van der Waals surface area contributed by atoms with Crippen molar-refractivity contribution in [2.24, 2.45) is 4.99 Å². The Hall–Kier alpha value is -3.10. The summed E-state index contributed by atoms with van der Waals surface area (Å²) in [6, 6.07) is 20.5. The van der Waals surface area contributed by atoms with Crippen molar-refractivity contribution < 1.29 is 14.3 Å². The van der Waals surface area contributed by atoms with Gasteiger partial charge in [0.1, 0.15) is 11.0 Å². The predicted octanol–water partition coefficient (Wildman–Crippen LogP) is 4.92. The van der Waals surface area contributed by atoms with Gasteiger partial charge in [0, 0.05) is 17.0 Å². The van der Waals surface area contributed by atoms with Crippen molar-refractivity contribution in [2.45, 2.75) is 18.2 Å². The molecule has 4 rings (SSSR count). The Balaban J connectivity index is 1.59. The molecule has 1 atom stereocenters. The lowest BCUT2D eigenvalue weighted by Gasteiger charge is -2.31. The van der Waals surface area contributed by atoms with Crippen LogP contribution >= 0.6 is 23.1 Å². The summed E-state index contributed by atoms with van der Waals surface area (Å²) in [5.74, 6) is 0.405. The SMILES string of the molecule is COc1ccc(N=C2SC(C(=O)Nc3ccccc3)CC(=O)N2Cc2cccs2)cc1. The van der Waals surface area contributed by atoms with Gasteiger partial charge in [0.15, 0.2) is 5.17 Å². The second-order valence-electron chi connectivity index (χ2n) is 6.82. The van der Waals surface area contributed by atoms with E-state index >= 15 is 0 Å². The zero-order valence-electron chi connectivity index (χ0n) is 16.9. The lowest BCUT2D eigenvalue weighted by atomic mass is 10.2. The van der Waals surface area contributed by atoms with Gasteiger partial charge in [-0.1, -0.05) is 36.0 Å². The van der Waals surface area contributed by atoms with Crippen molar-refractivity contribution in [3.63, 3.8) is 0 Å². The van der Waals surface area contributed by atoms with Crippen LogP contribution in [0.4, 0.5) is 11.4 Å². The van der Waals surface area contributed by atoms with Gasteiger partial charge < -0.3 is 10.1 Å². The van der Waals surface area contributed by atoms with Crippen LogP contribution in [0.1, 0.15) is 11.3 Å². The van der Waals surface area contributed by atoms with E-state index in [1.54, 1.807) is 23.3 Å². The largest absolute Gasteiger partial charge is 0.497 e. The molecule has 3 aromatic rings. The van der Waals surface area contributed by atoms with Crippen molar-refractivity contribution in [3.05, 3.63) is 77.0 Å². The number of amides is 2. The van der Waals surface area contributed by atoms with Crippen LogP contribution < -0.4 is 10.1 Å². The number of methoxy groups -OCH3 is 1. The fourth-order valence-corrected chi connectivity index (χ4v) is 4.86. The highest BCUT2D eigenvalue weighted by Crippen LogP contribution is 2.32. The van der Waals surface area contributed by atoms with Gasteiger partial charge in [-0.25, -0.2) is 4.99 Å². The van der Waals surface area contributed by atoms with Gasteiger partial charge in [-0.3, -0.25) is 14.5 Å². The number of thiophene rings is 1. The third kappa shape index (κ3) is 5.34. The van der Waals surface area contributed by atoms with Crippen molar-refractivity contribution >= 4 is 51.5 Å². The van der Waals surface area contributed by atoms with Gasteiger partial charge in [-0.15, -0.1) is 11.3 Å². The Morgan fingerprint density at radius 1 is 1.13 bits per heavy atom. The minimum Gasteiger partial charge on any atom is -0.497 e. The van der Waals surface area contributed by atoms with E-state index in [0.717, 1.165) is 10.6 Å². The zero-order valence-corrected chi connectivity index (χ0v) is 18.5. The molecule has 2 aromatic carbocycles. The number of para-hydroxylation sites is 1. The van der Waals surface area contributed by atoms with E-state index in [9.17, 15) is 9.59 Å². The van der Waals surface area contributed by atoms with Gasteiger partial charge >= 0.3 is 0 Å². The molecule has 1 unspecified atom stereocenters. The molecule has 2 heterocycles. The van der Waals surface area contributed by atoms with Gasteiger partial charge in [-0.2, -0.15) is 0 Å². The number of thioether (sulfide) groups is 1. The standard InChI is InChI=1S/C23H21N3O3S2/c1-29-18-11-9-17(10-12-18)25-23-26(15-19-8-5-13-30-19)21(27)14-20(31-23)22(28)24-16-6-3-2-4-7-16/h2-13,20H,14-15H2,1H3,(H,24,28). The van der Waals surface area contributed by atoms with E-state index in [-0.39, 0.29) is 18.2 Å². The average molecular weight is 452 g/mol. The van der Waals surface area contributed by atoms with Crippen LogP contribution in [0.2, 0.25) is 0 Å². The highest BCUT2D eigenvalue weighted by molar-refractivity contribution is 8.15. The number of nitrogens with one attached hydrogen (secondary N) is 1. The fourth-order valence-electron chi connectivity index (χ4n) is 3.07. The number of anilines is 1. The minimum atomic E-state index is -0.552. The summed E-state index contributed by atoms with van der Waals surface area (Å²) in [4.78, 5) is 33.3. The second kappa shape index (κ2) is 9.80. The number of carbonyl (C=O) groups excluding carboxylic acids is 2. The number of rotatable bonds is 6. The van der Waals surface area contributed by atoms with E-state index in [1.807, 2.05) is 72.1 Å². The number of ether oxygens (including phenoxy) is 1. The summed E-state index contributed by atoms with van der Waals surface area (Å²) in [7, 11) is 1.61. The molecular weight excluding hydrogens is 430 g/mol. The molecule has 0 aliphatic carbocycles. The Kier molecular flexibility index (Phi) is 6.69. The molecule has 1 N–H and O–H groups in total. The van der Waals surface area contributed by atoms with Crippen LogP contribution in [0.5, 0.6) is 5.75 Å². The third-order valence-corrected chi connectivity index (χ3v) is 6.71. The van der Waals surface area contributed by atoms with Crippen molar-refractivity contribution in [2.75, 3.05) is 12.4 Å². The summed E-state index contributed by atoms with van der Waals surface area (Å²) < 4.78 is 5.20. The average Bonchev–Trinajstić information content (AvgIpc) is 3.30. The normalized spacial score (nSPS) is 17.6. The third-order valence-electron chi connectivity index (χ3n) is 4.66. The van der Waals surface area contributed by atoms with Crippen LogP contribution in [0.15, 0.2) is 77.1 Å². The molecule has 0 saturated carbocycles. The fraction of sp³-hybridized carbons (Fsp3) is 0.174. The number of hydrogen-bond acceptors (Lipinski definition) is 6. The van der Waals surface area contributed by atoms with Gasteiger partial charge in [0.2, 0.25) is 11.8 Å². The summed E-state index contributed by atoms with van der Waals surface area (Å²) in [5.41, 5.74) is 1.40. The first kappa shape index (κ1) is 21.1. The van der Waals surface area contributed by atoms with E-state index < -0.39 is 5.25 Å². The molecule has 158 valence electrons. The topological polar surface area (TPSA) is 71.0 Å². The Bertz CT molecular complexity index is 1070. The van der Waals surface area contributed by atoms with E-state index in [0.29, 0.717) is 23.1 Å². The predicted molar refractivity (Wildman–Crippen MR) is 126 cm³/mol. The highest BCUT2D eigenvalue weighted by atomic mass is 32.2. The summed E-state index contributed by atoms with van der Waals surface area (Å²) in [6.07, 6.45) is 0.121. The van der Waals surface area contributed by atoms with Crippen molar-refractivity contribution in [1.29, 1.82) is 0 Å². The van der Waals surface area contributed by atoms with Crippen LogP contribution in [-0.2, 0) is 16.1 Å². The lowest BCUT2D eigenvalue weighted by molar-refractivity contribution is -0.129. The molecule has 1 aliphatic heterocycles. The van der Waals surface area contributed by atoms with E-state index in [2.05, 4.69) is 5.32 Å². The lowest BCUT2D eigenvalue weighted by Crippen LogP contribution is -2.44. The number of aliphatic imine (C=N–C) groups is 1. The van der Waals surface area contributed by atoms with Gasteiger partial charge in [-0.05, 0) is 47.8 Å². The summed E-state index contributed by atoms with van der Waals surface area (Å²) >= 11 is 2.90. The smallest absolute Gasteiger partial charge is 0.238 e. The van der Waals surface area contributed by atoms with Crippen molar-refractivity contribution in [1.82, 2.24) is 4.90 Å². The molecule has 0 bridgehead atoms. The first-order valence-electron chi connectivity index (χ1n) is 9.70. The maximum Gasteiger partial charge on any atom is 0.238 e. The Labute approximate surface area is 188 Å². The van der Waals surface area contributed by atoms with E-state index in [4.69, 9.17) is 9.73 Å². The molecule has 1 fully saturated rings. The summed E-state index contributed by atoms with van der Waals surface area (Å²) in [6.45, 7) is 0.436. The number of carbonyl (C=O) groups is 2. The monoisotopic (exact) mass is 451 g/mol. The Morgan fingerprint density at radius 2 is 1.90 bits per heavy atom. The summed E-state index contributed by atoms with van der Waals surface area (Å²) in [5, 5.41) is 4.84. The molecule has 0 radical (unpaired) electrons. The van der Waals surface area contributed by atoms with Crippen molar-refractivity contribution in [3.8, 4) is 5.75 Å². The number of amidine groups is 1. The van der Waals surface area contributed by atoms with Gasteiger partial charge in [0.05, 0.1) is 19.3 Å². The van der Waals surface area contributed by atoms with E-state index in [1.165, 1.54) is 11.8 Å². The Morgan fingerprint density at radius 3 is 2.58 bits per heavy atom. The number of hydrogen-bond donors (Lipinski definition) is 1. The highest BCUT2D eigenvalue weighted by Gasteiger charge is 2.36. The molecule has 8 heteroatoms. The molecule has 6 nitrogen and oxygen atoms in total. The molecule has 1 saturated heterocycles. The molecule has 1 aliphatic rings. The maximum absolute atomic E-state index is 13.0. The second-order valence-corrected chi connectivity index (χ2v) is 9.02. The minimum absolute atomic E-state index is 0.118. The van der Waals surface area contributed by atoms with Crippen LogP contribution in [0, 0.1) is 0 Å². The first-order valence-corrected chi connectivity index (χ1v) is 11.5. The molecule has 31 heavy (non-hydrogen) atoms. The zero-order chi connectivity index (χ0) is 21.6. The quantitative estimate of drug-likeness (QED) is 0.578. The van der Waals surface area contributed by atoms with Crippen LogP contribution in [0.25, 0.3) is 0 Å². The number of nitrogens with zero attached hydrogens (tertiary/aromatic N) is 2.